The van der Waals surface area contributed by atoms with Crippen LogP contribution in [-0.2, 0) is 4.79 Å². The molecule has 0 aliphatic heterocycles. The number of carboxylic acids is 1. The fourth-order valence-electron chi connectivity index (χ4n) is 0.842. The van der Waals surface area contributed by atoms with Crippen LogP contribution in [0.15, 0.2) is 11.6 Å². The van der Waals surface area contributed by atoms with Gasteiger partial charge in [0.15, 0.2) is 0 Å². The molecule has 0 unspecified atom stereocenters. The lowest BCUT2D eigenvalue weighted by molar-refractivity contribution is -0.137. The van der Waals surface area contributed by atoms with Gasteiger partial charge in [-0.05, 0) is 12.8 Å². The lowest BCUT2D eigenvalue weighted by Gasteiger charge is -2.05. The van der Waals surface area contributed by atoms with Crippen molar-refractivity contribution < 1.29 is 14.7 Å². The van der Waals surface area contributed by atoms with Gasteiger partial charge in [0, 0.05) is 18.0 Å². The van der Waals surface area contributed by atoms with E-state index in [2.05, 4.69) is 17.2 Å². The first-order valence-electron chi connectivity index (χ1n) is 4.59. The molecule has 0 aliphatic carbocycles. The van der Waals surface area contributed by atoms with Crippen molar-refractivity contribution in [2.75, 3.05) is 13.1 Å². The van der Waals surface area contributed by atoms with E-state index >= 15 is 0 Å². The van der Waals surface area contributed by atoms with E-state index in [4.69, 9.17) is 16.7 Å². The third-order valence-corrected chi connectivity index (χ3v) is 1.68. The number of aliphatic carboxylic acids is 1. The average molecular weight is 235 g/mol. The van der Waals surface area contributed by atoms with Gasteiger partial charge in [-0.2, -0.15) is 0 Å². The molecular formula is C9H15ClN2O3. The van der Waals surface area contributed by atoms with Crippen LogP contribution in [0.1, 0.15) is 19.3 Å². The summed E-state index contributed by atoms with van der Waals surface area (Å²) in [6, 6.07) is -0.327. The van der Waals surface area contributed by atoms with Crippen molar-refractivity contribution in [1.29, 1.82) is 0 Å². The van der Waals surface area contributed by atoms with Gasteiger partial charge in [-0.15, -0.1) is 0 Å². The molecule has 6 heteroatoms. The van der Waals surface area contributed by atoms with Crippen LogP contribution in [0.4, 0.5) is 4.79 Å². The van der Waals surface area contributed by atoms with Gasteiger partial charge in [0.25, 0.3) is 0 Å². The third kappa shape index (κ3) is 10.7. The zero-order chi connectivity index (χ0) is 11.7. The molecule has 0 saturated heterocycles. The molecule has 0 aromatic rings. The normalized spacial score (nSPS) is 9.40. The van der Waals surface area contributed by atoms with Crippen LogP contribution in [0.3, 0.4) is 0 Å². The van der Waals surface area contributed by atoms with Crippen molar-refractivity contribution in [3.05, 3.63) is 11.6 Å². The molecule has 86 valence electrons. The van der Waals surface area contributed by atoms with E-state index in [1.165, 1.54) is 0 Å². The average Bonchev–Trinajstić information content (AvgIpc) is 2.13. The Hall–Kier alpha value is -1.23. The largest absolute Gasteiger partial charge is 0.481 e. The molecule has 0 aromatic heterocycles. The molecule has 0 bridgehead atoms. The van der Waals surface area contributed by atoms with Gasteiger partial charge < -0.3 is 15.7 Å². The lowest BCUT2D eigenvalue weighted by Crippen LogP contribution is -2.36. The van der Waals surface area contributed by atoms with E-state index in [0.29, 0.717) is 24.4 Å². The summed E-state index contributed by atoms with van der Waals surface area (Å²) in [5.41, 5.74) is 0. The molecule has 3 N–H and O–H groups in total. The summed E-state index contributed by atoms with van der Waals surface area (Å²) in [6.07, 6.45) is 1.32. The summed E-state index contributed by atoms with van der Waals surface area (Å²) in [4.78, 5) is 21.2. The van der Waals surface area contributed by atoms with Gasteiger partial charge in [-0.25, -0.2) is 4.79 Å². The van der Waals surface area contributed by atoms with Crippen LogP contribution < -0.4 is 10.6 Å². The zero-order valence-corrected chi connectivity index (χ0v) is 9.14. The molecule has 0 radical (unpaired) electrons. The number of hydrogen-bond donors (Lipinski definition) is 3. The summed E-state index contributed by atoms with van der Waals surface area (Å²) < 4.78 is 0. The Kier molecular flexibility index (Phi) is 7.44. The van der Waals surface area contributed by atoms with E-state index in [0.717, 1.165) is 0 Å². The first kappa shape index (κ1) is 13.8. The fraction of sp³-hybridized carbons (Fsp3) is 0.556. The number of carbonyl (C=O) groups is 2. The monoisotopic (exact) mass is 234 g/mol. The Morgan fingerprint density at radius 3 is 2.47 bits per heavy atom. The van der Waals surface area contributed by atoms with E-state index in [-0.39, 0.29) is 19.0 Å². The van der Waals surface area contributed by atoms with E-state index in [1.54, 1.807) is 0 Å². The van der Waals surface area contributed by atoms with Crippen LogP contribution >= 0.6 is 11.6 Å². The van der Waals surface area contributed by atoms with E-state index in [1.807, 2.05) is 0 Å². The Labute approximate surface area is 93.5 Å². The Morgan fingerprint density at radius 2 is 1.93 bits per heavy atom. The minimum Gasteiger partial charge on any atom is -0.481 e. The highest BCUT2D eigenvalue weighted by Gasteiger charge is 2.00. The lowest BCUT2D eigenvalue weighted by atomic mass is 10.2. The third-order valence-electron chi connectivity index (χ3n) is 1.54. The van der Waals surface area contributed by atoms with E-state index < -0.39 is 5.97 Å². The zero-order valence-electron chi connectivity index (χ0n) is 8.38. The van der Waals surface area contributed by atoms with Gasteiger partial charge in [-0.1, -0.05) is 18.2 Å². The van der Waals surface area contributed by atoms with Gasteiger partial charge in [0.2, 0.25) is 0 Å². The number of unbranched alkanes of at least 4 members (excludes halogenated alkanes) is 1. The number of rotatable bonds is 7. The van der Waals surface area contributed by atoms with Crippen molar-refractivity contribution >= 4 is 23.6 Å². The molecule has 15 heavy (non-hydrogen) atoms. The van der Waals surface area contributed by atoms with Crippen LogP contribution in [0.5, 0.6) is 0 Å². The van der Waals surface area contributed by atoms with Crippen molar-refractivity contribution in [2.24, 2.45) is 0 Å². The molecule has 0 aliphatic rings. The molecule has 0 saturated carbocycles. The SMILES string of the molecule is C=C(Cl)CNC(=O)NCCCCC(=O)O. The number of nitrogens with one attached hydrogen (secondary N) is 2. The van der Waals surface area contributed by atoms with Crippen LogP contribution in [0, 0.1) is 0 Å². The first-order chi connectivity index (χ1) is 7.02. The Morgan fingerprint density at radius 1 is 1.27 bits per heavy atom. The fourth-order valence-corrected chi connectivity index (χ4v) is 0.909. The summed E-state index contributed by atoms with van der Waals surface area (Å²) >= 11 is 5.44. The highest BCUT2D eigenvalue weighted by molar-refractivity contribution is 6.29. The summed E-state index contributed by atoms with van der Waals surface area (Å²) in [6.45, 7) is 4.09. The van der Waals surface area contributed by atoms with Crippen molar-refractivity contribution in [3.8, 4) is 0 Å². The van der Waals surface area contributed by atoms with Gasteiger partial charge >= 0.3 is 12.0 Å². The molecule has 2 amide bonds. The predicted molar refractivity (Wildman–Crippen MR) is 57.9 cm³/mol. The molecule has 0 aromatic carbocycles. The van der Waals surface area contributed by atoms with E-state index in [9.17, 15) is 9.59 Å². The molecule has 0 spiro atoms. The molecule has 0 fully saturated rings. The number of urea groups is 1. The van der Waals surface area contributed by atoms with Gasteiger partial charge in [0.05, 0.1) is 6.54 Å². The van der Waals surface area contributed by atoms with Crippen molar-refractivity contribution in [2.45, 2.75) is 19.3 Å². The van der Waals surface area contributed by atoms with Gasteiger partial charge in [0.1, 0.15) is 0 Å². The van der Waals surface area contributed by atoms with Crippen molar-refractivity contribution in [1.82, 2.24) is 10.6 Å². The quantitative estimate of drug-likeness (QED) is 0.581. The van der Waals surface area contributed by atoms with Crippen LogP contribution in [0.25, 0.3) is 0 Å². The minimum absolute atomic E-state index is 0.127. The highest BCUT2D eigenvalue weighted by Crippen LogP contribution is 1.94. The molecule has 0 rings (SSSR count). The first-order valence-corrected chi connectivity index (χ1v) is 4.97. The van der Waals surface area contributed by atoms with Crippen molar-refractivity contribution in [3.63, 3.8) is 0 Å². The second-order valence-corrected chi connectivity index (χ2v) is 3.51. The number of hydrogen-bond acceptors (Lipinski definition) is 2. The second kappa shape index (κ2) is 8.11. The maximum Gasteiger partial charge on any atom is 0.315 e. The summed E-state index contributed by atoms with van der Waals surface area (Å²) in [5, 5.41) is 13.8. The summed E-state index contributed by atoms with van der Waals surface area (Å²) in [5.74, 6) is -0.821. The number of halogens is 1. The topological polar surface area (TPSA) is 78.4 Å². The standard InChI is InChI=1S/C9H15ClN2O3/c1-7(10)6-12-9(15)11-5-3-2-4-8(13)14/h1-6H2,(H,13,14)(H2,11,12,15). The molecule has 0 atom stereocenters. The smallest absolute Gasteiger partial charge is 0.315 e. The predicted octanol–water partition coefficient (Wildman–Crippen LogP) is 1.29. The maximum absolute atomic E-state index is 11.0. The Bertz CT molecular complexity index is 244. The van der Waals surface area contributed by atoms with Crippen LogP contribution in [-0.4, -0.2) is 30.2 Å². The molecule has 5 nitrogen and oxygen atoms in total. The number of amides is 2. The minimum atomic E-state index is -0.821. The maximum atomic E-state index is 11.0. The van der Waals surface area contributed by atoms with Crippen LogP contribution in [0.2, 0.25) is 0 Å². The highest BCUT2D eigenvalue weighted by atomic mass is 35.5. The Balaban J connectivity index is 3.31. The number of carbonyl (C=O) groups excluding carboxylic acids is 1. The number of carboxylic acid groups (broad SMARTS) is 1. The molecule has 0 heterocycles. The summed E-state index contributed by atoms with van der Waals surface area (Å²) in [7, 11) is 0. The molecular weight excluding hydrogens is 220 g/mol. The second-order valence-electron chi connectivity index (χ2n) is 2.98. The van der Waals surface area contributed by atoms with Gasteiger partial charge in [-0.3, -0.25) is 4.79 Å².